The number of hydrogen-bond donors (Lipinski definition) is 1. The molecule has 0 amide bonds. The fourth-order valence-corrected chi connectivity index (χ4v) is 1.72. The van der Waals surface area contributed by atoms with Crippen LogP contribution in [0, 0.1) is 5.41 Å². The van der Waals surface area contributed by atoms with Crippen molar-refractivity contribution in [3.63, 3.8) is 0 Å². The Kier molecular flexibility index (Phi) is 4.19. The molecule has 16 heavy (non-hydrogen) atoms. The molecule has 0 atom stereocenters. The lowest BCUT2D eigenvalue weighted by molar-refractivity contribution is 0.303. The number of rotatable bonds is 3. The fourth-order valence-electron chi connectivity index (χ4n) is 1.45. The number of benzene rings is 1. The molecule has 1 N–H and O–H groups in total. The van der Waals surface area contributed by atoms with Crippen molar-refractivity contribution >= 4 is 15.9 Å². The van der Waals surface area contributed by atoms with Gasteiger partial charge in [0, 0.05) is 16.6 Å². The van der Waals surface area contributed by atoms with Gasteiger partial charge >= 0.3 is 0 Å². The van der Waals surface area contributed by atoms with Gasteiger partial charge in [-0.25, -0.2) is 0 Å². The summed E-state index contributed by atoms with van der Waals surface area (Å²) in [4.78, 5) is 0. The third kappa shape index (κ3) is 4.26. The quantitative estimate of drug-likeness (QED) is 0.871. The van der Waals surface area contributed by atoms with Crippen molar-refractivity contribution in [1.82, 2.24) is 5.32 Å². The molecule has 0 unspecified atom stereocenters. The van der Waals surface area contributed by atoms with E-state index < -0.39 is 0 Å². The zero-order valence-corrected chi connectivity index (χ0v) is 12.5. The van der Waals surface area contributed by atoms with E-state index in [1.165, 1.54) is 5.56 Å². The van der Waals surface area contributed by atoms with Crippen LogP contribution in [0.25, 0.3) is 0 Å². The van der Waals surface area contributed by atoms with Crippen molar-refractivity contribution < 1.29 is 0 Å². The summed E-state index contributed by atoms with van der Waals surface area (Å²) in [6.07, 6.45) is 0. The molecule has 0 spiro atoms. The lowest BCUT2D eigenvalue weighted by Gasteiger charge is -2.31. The predicted molar refractivity (Wildman–Crippen MR) is 74.6 cm³/mol. The van der Waals surface area contributed by atoms with Crippen LogP contribution in [0.4, 0.5) is 0 Å². The first kappa shape index (κ1) is 13.7. The van der Waals surface area contributed by atoms with Crippen LogP contribution in [0.5, 0.6) is 0 Å². The molecule has 0 radical (unpaired) electrons. The number of hydrogen-bond acceptors (Lipinski definition) is 1. The molecule has 0 fully saturated rings. The summed E-state index contributed by atoms with van der Waals surface area (Å²) in [5, 5.41) is 3.62. The smallest absolute Gasteiger partial charge is 0.0377 e. The molecule has 0 saturated heterocycles. The van der Waals surface area contributed by atoms with Crippen LogP contribution < -0.4 is 5.32 Å². The third-order valence-corrected chi connectivity index (χ3v) is 3.16. The molecule has 1 aromatic carbocycles. The van der Waals surface area contributed by atoms with Gasteiger partial charge in [0.25, 0.3) is 0 Å². The van der Waals surface area contributed by atoms with Crippen LogP contribution in [-0.2, 0) is 5.54 Å². The molecule has 0 bridgehead atoms. The first-order chi connectivity index (χ1) is 7.21. The molecule has 0 heterocycles. The van der Waals surface area contributed by atoms with Gasteiger partial charge in [0.1, 0.15) is 0 Å². The molecular formula is C14H22BrN. The van der Waals surface area contributed by atoms with Crippen LogP contribution in [0.2, 0.25) is 0 Å². The van der Waals surface area contributed by atoms with E-state index in [9.17, 15) is 0 Å². The summed E-state index contributed by atoms with van der Waals surface area (Å²) in [6, 6.07) is 8.52. The molecule has 0 aromatic heterocycles. The van der Waals surface area contributed by atoms with E-state index >= 15 is 0 Å². The lowest BCUT2D eigenvalue weighted by atomic mass is 9.90. The van der Waals surface area contributed by atoms with Crippen molar-refractivity contribution in [2.45, 2.75) is 40.2 Å². The van der Waals surface area contributed by atoms with E-state index in [2.05, 4.69) is 80.1 Å². The topological polar surface area (TPSA) is 12.0 Å². The predicted octanol–water partition coefficient (Wildman–Crippen LogP) is 4.32. The molecule has 0 saturated carbocycles. The highest BCUT2D eigenvalue weighted by atomic mass is 79.9. The maximum Gasteiger partial charge on any atom is 0.0377 e. The van der Waals surface area contributed by atoms with Gasteiger partial charge in [-0.05, 0) is 37.0 Å². The second-order valence-corrected chi connectivity index (χ2v) is 6.96. The molecule has 90 valence electrons. The van der Waals surface area contributed by atoms with Crippen molar-refractivity contribution in [1.29, 1.82) is 0 Å². The molecular weight excluding hydrogens is 262 g/mol. The van der Waals surface area contributed by atoms with E-state index in [0.717, 1.165) is 11.0 Å². The van der Waals surface area contributed by atoms with E-state index in [1.54, 1.807) is 0 Å². The zero-order chi connectivity index (χ0) is 12.4. The Morgan fingerprint density at radius 2 is 1.50 bits per heavy atom. The molecule has 1 aromatic rings. The highest BCUT2D eigenvalue weighted by Gasteiger charge is 2.22. The minimum atomic E-state index is 0.0218. The third-order valence-electron chi connectivity index (χ3n) is 2.63. The van der Waals surface area contributed by atoms with Gasteiger partial charge < -0.3 is 5.32 Å². The van der Waals surface area contributed by atoms with Crippen LogP contribution in [0.15, 0.2) is 28.7 Å². The number of nitrogens with one attached hydrogen (secondary N) is 1. The monoisotopic (exact) mass is 283 g/mol. The Balaban J connectivity index is 2.73. The van der Waals surface area contributed by atoms with Crippen molar-refractivity contribution in [2.75, 3.05) is 6.54 Å². The van der Waals surface area contributed by atoms with Gasteiger partial charge in [-0.1, -0.05) is 48.8 Å². The van der Waals surface area contributed by atoms with Crippen LogP contribution in [0.3, 0.4) is 0 Å². The largest absolute Gasteiger partial charge is 0.307 e. The first-order valence-electron chi connectivity index (χ1n) is 5.72. The van der Waals surface area contributed by atoms with Gasteiger partial charge in [0.15, 0.2) is 0 Å². The first-order valence-corrected chi connectivity index (χ1v) is 6.51. The molecule has 1 rings (SSSR count). The molecule has 2 heteroatoms. The molecule has 0 aliphatic rings. The van der Waals surface area contributed by atoms with Crippen molar-refractivity contribution in [3.05, 3.63) is 34.3 Å². The summed E-state index contributed by atoms with van der Waals surface area (Å²) in [7, 11) is 0. The average Bonchev–Trinajstić information content (AvgIpc) is 2.15. The van der Waals surface area contributed by atoms with E-state index in [4.69, 9.17) is 0 Å². The summed E-state index contributed by atoms with van der Waals surface area (Å²) < 4.78 is 1.13. The Morgan fingerprint density at radius 3 is 1.94 bits per heavy atom. The Morgan fingerprint density at radius 1 is 1.00 bits per heavy atom. The number of halogens is 1. The van der Waals surface area contributed by atoms with Crippen molar-refractivity contribution in [3.8, 4) is 0 Å². The summed E-state index contributed by atoms with van der Waals surface area (Å²) >= 11 is 3.46. The fraction of sp³-hybridized carbons (Fsp3) is 0.571. The summed E-state index contributed by atoms with van der Waals surface area (Å²) in [6.45, 7) is 12.2. The normalized spacial score (nSPS) is 12.9. The van der Waals surface area contributed by atoms with E-state index in [1.807, 2.05) is 0 Å². The maximum atomic E-state index is 3.62. The van der Waals surface area contributed by atoms with Gasteiger partial charge in [-0.15, -0.1) is 0 Å². The van der Waals surface area contributed by atoms with Gasteiger partial charge in [0.05, 0.1) is 0 Å². The Labute approximate surface area is 108 Å². The minimum Gasteiger partial charge on any atom is -0.307 e. The standard InChI is InChI=1S/C14H22BrN/c1-13(2,3)10-16-14(4,5)11-6-8-12(15)9-7-11/h6-9,16H,10H2,1-5H3. The van der Waals surface area contributed by atoms with Crippen molar-refractivity contribution in [2.24, 2.45) is 5.41 Å². The Bertz CT molecular complexity index is 333. The SMILES string of the molecule is CC(C)(C)CNC(C)(C)c1ccc(Br)cc1. The maximum absolute atomic E-state index is 3.62. The van der Waals surface area contributed by atoms with Gasteiger partial charge in [-0.2, -0.15) is 0 Å². The van der Waals surface area contributed by atoms with E-state index in [-0.39, 0.29) is 5.54 Å². The molecule has 1 nitrogen and oxygen atoms in total. The van der Waals surface area contributed by atoms with E-state index in [0.29, 0.717) is 5.41 Å². The minimum absolute atomic E-state index is 0.0218. The van der Waals surface area contributed by atoms with Gasteiger partial charge in [-0.3, -0.25) is 0 Å². The second-order valence-electron chi connectivity index (χ2n) is 6.05. The highest BCUT2D eigenvalue weighted by Crippen LogP contribution is 2.23. The lowest BCUT2D eigenvalue weighted by Crippen LogP contribution is -2.41. The van der Waals surface area contributed by atoms with Crippen LogP contribution in [0.1, 0.15) is 40.2 Å². The second kappa shape index (κ2) is 4.89. The van der Waals surface area contributed by atoms with Gasteiger partial charge in [0.2, 0.25) is 0 Å². The average molecular weight is 284 g/mol. The van der Waals surface area contributed by atoms with Crippen LogP contribution >= 0.6 is 15.9 Å². The summed E-state index contributed by atoms with van der Waals surface area (Å²) in [5.41, 5.74) is 1.65. The Hall–Kier alpha value is -0.340. The zero-order valence-electron chi connectivity index (χ0n) is 10.9. The van der Waals surface area contributed by atoms with Crippen LogP contribution in [-0.4, -0.2) is 6.54 Å². The molecule has 0 aliphatic heterocycles. The summed E-state index contributed by atoms with van der Waals surface area (Å²) in [5.74, 6) is 0. The molecule has 0 aliphatic carbocycles. The highest BCUT2D eigenvalue weighted by molar-refractivity contribution is 9.10.